The van der Waals surface area contributed by atoms with Crippen LogP contribution in [-0.2, 0) is 10.0 Å². The summed E-state index contributed by atoms with van der Waals surface area (Å²) in [4.78, 5) is 0.261. The van der Waals surface area contributed by atoms with Crippen molar-refractivity contribution in [2.45, 2.75) is 25.2 Å². The number of benzene rings is 1. The lowest BCUT2D eigenvalue weighted by atomic mass is 10.0. The van der Waals surface area contributed by atoms with Crippen molar-refractivity contribution < 1.29 is 13.5 Å². The smallest absolute Gasteiger partial charge is 0.244 e. The van der Waals surface area contributed by atoms with Crippen molar-refractivity contribution in [1.29, 1.82) is 0 Å². The van der Waals surface area contributed by atoms with Crippen LogP contribution in [0.1, 0.15) is 25.8 Å². The van der Waals surface area contributed by atoms with E-state index < -0.39 is 10.0 Å². The predicted molar refractivity (Wildman–Crippen MR) is 82.1 cm³/mol. The van der Waals surface area contributed by atoms with Crippen LogP contribution in [0.5, 0.6) is 0 Å². The van der Waals surface area contributed by atoms with Gasteiger partial charge in [-0.05, 0) is 24.0 Å². The molecule has 0 aliphatic carbocycles. The maximum Gasteiger partial charge on any atom is 0.244 e. The van der Waals surface area contributed by atoms with Crippen molar-refractivity contribution >= 4 is 10.0 Å². The molecule has 114 valence electrons. The van der Waals surface area contributed by atoms with Crippen molar-refractivity contribution in [2.24, 2.45) is 11.8 Å². The number of aliphatic hydroxyl groups is 1. The van der Waals surface area contributed by atoms with E-state index in [-0.39, 0.29) is 11.5 Å². The molecule has 5 heteroatoms. The van der Waals surface area contributed by atoms with Crippen molar-refractivity contribution in [3.8, 4) is 11.8 Å². The van der Waals surface area contributed by atoms with E-state index in [1.807, 2.05) is 0 Å². The molecule has 0 saturated carbocycles. The van der Waals surface area contributed by atoms with E-state index in [4.69, 9.17) is 5.11 Å². The Morgan fingerprint density at radius 2 is 1.86 bits per heavy atom. The molecule has 0 bridgehead atoms. The van der Waals surface area contributed by atoms with Gasteiger partial charge < -0.3 is 5.11 Å². The van der Waals surface area contributed by atoms with Gasteiger partial charge >= 0.3 is 0 Å². The number of aliphatic hydroxyl groups excluding tert-OH is 1. The topological polar surface area (TPSA) is 57.6 Å². The van der Waals surface area contributed by atoms with E-state index in [1.165, 1.54) is 0 Å². The van der Waals surface area contributed by atoms with Gasteiger partial charge in [-0.1, -0.05) is 37.8 Å². The van der Waals surface area contributed by atoms with Gasteiger partial charge in [-0.25, -0.2) is 8.42 Å². The highest BCUT2D eigenvalue weighted by Crippen LogP contribution is 2.29. The maximum absolute atomic E-state index is 12.8. The number of sulfonamides is 1. The molecule has 1 heterocycles. The van der Waals surface area contributed by atoms with Crippen molar-refractivity contribution in [1.82, 2.24) is 4.31 Å². The molecule has 2 atom stereocenters. The summed E-state index contributed by atoms with van der Waals surface area (Å²) in [6.07, 6.45) is 0.339. The zero-order valence-electron chi connectivity index (χ0n) is 12.4. The average molecular weight is 307 g/mol. The summed E-state index contributed by atoms with van der Waals surface area (Å²) in [5.74, 6) is 6.38. The Bertz CT molecular complexity index is 648. The molecule has 1 aromatic carbocycles. The Balaban J connectivity index is 2.35. The Morgan fingerprint density at radius 1 is 1.24 bits per heavy atom. The first-order valence-corrected chi connectivity index (χ1v) is 8.59. The van der Waals surface area contributed by atoms with Crippen LogP contribution in [0.25, 0.3) is 0 Å². The Kier molecular flexibility index (Phi) is 5.04. The highest BCUT2D eigenvalue weighted by molar-refractivity contribution is 7.89. The standard InChI is InChI=1S/C16H21NO3S/c1-13-11-17(12-14(13)2)21(19,20)16-9-4-3-7-15(16)8-5-6-10-18/h3-4,7,9,13-14,18H,6,10-12H2,1-2H3. The quantitative estimate of drug-likeness (QED) is 0.865. The fourth-order valence-corrected chi connectivity index (χ4v) is 4.21. The van der Waals surface area contributed by atoms with E-state index in [9.17, 15) is 8.42 Å². The number of nitrogens with zero attached hydrogens (tertiary/aromatic N) is 1. The molecule has 0 radical (unpaired) electrons. The molecular weight excluding hydrogens is 286 g/mol. The summed E-state index contributed by atoms with van der Waals surface area (Å²) in [7, 11) is -3.50. The second-order valence-electron chi connectivity index (χ2n) is 5.55. The highest BCUT2D eigenvalue weighted by Gasteiger charge is 2.35. The normalized spacial score (nSPS) is 22.8. The van der Waals surface area contributed by atoms with Crippen LogP contribution in [0.15, 0.2) is 29.2 Å². The summed E-state index contributed by atoms with van der Waals surface area (Å²) in [6, 6.07) is 6.80. The lowest BCUT2D eigenvalue weighted by Gasteiger charge is -2.17. The molecule has 1 N–H and O–H groups in total. The van der Waals surface area contributed by atoms with E-state index in [0.29, 0.717) is 36.9 Å². The van der Waals surface area contributed by atoms with Gasteiger partial charge in [0.1, 0.15) is 0 Å². The van der Waals surface area contributed by atoms with E-state index in [1.54, 1.807) is 28.6 Å². The second kappa shape index (κ2) is 6.61. The number of hydrogen-bond acceptors (Lipinski definition) is 3. The number of rotatable bonds is 3. The third-order valence-electron chi connectivity index (χ3n) is 3.92. The Labute approximate surface area is 126 Å². The second-order valence-corrected chi connectivity index (χ2v) is 7.45. The maximum atomic E-state index is 12.8. The molecule has 4 nitrogen and oxygen atoms in total. The highest BCUT2D eigenvalue weighted by atomic mass is 32.2. The summed E-state index contributed by atoms with van der Waals surface area (Å²) >= 11 is 0. The van der Waals surface area contributed by atoms with Crippen LogP contribution in [0.4, 0.5) is 0 Å². The molecule has 2 rings (SSSR count). The van der Waals surface area contributed by atoms with Crippen LogP contribution >= 0.6 is 0 Å². The first-order valence-electron chi connectivity index (χ1n) is 7.15. The zero-order chi connectivity index (χ0) is 15.5. The van der Waals surface area contributed by atoms with E-state index >= 15 is 0 Å². The summed E-state index contributed by atoms with van der Waals surface area (Å²) in [5.41, 5.74) is 0.498. The Morgan fingerprint density at radius 3 is 2.48 bits per heavy atom. The Hall–Kier alpha value is -1.35. The van der Waals surface area contributed by atoms with Crippen LogP contribution < -0.4 is 0 Å². The molecular formula is C16H21NO3S. The van der Waals surface area contributed by atoms with Crippen LogP contribution in [0.2, 0.25) is 0 Å². The van der Waals surface area contributed by atoms with Crippen molar-refractivity contribution in [2.75, 3.05) is 19.7 Å². The van der Waals surface area contributed by atoms with Crippen molar-refractivity contribution in [3.05, 3.63) is 29.8 Å². The molecule has 2 unspecified atom stereocenters. The fourth-order valence-electron chi connectivity index (χ4n) is 2.42. The van der Waals surface area contributed by atoms with Gasteiger partial charge in [-0.3, -0.25) is 0 Å². The lowest BCUT2D eigenvalue weighted by Crippen LogP contribution is -2.29. The monoisotopic (exact) mass is 307 g/mol. The molecule has 1 fully saturated rings. The molecule has 0 spiro atoms. The molecule has 0 aromatic heterocycles. The van der Waals surface area contributed by atoms with Crippen molar-refractivity contribution in [3.63, 3.8) is 0 Å². The van der Waals surface area contributed by atoms with Gasteiger partial charge in [-0.2, -0.15) is 4.31 Å². The van der Waals surface area contributed by atoms with Gasteiger partial charge in [0.15, 0.2) is 0 Å². The van der Waals surface area contributed by atoms with Gasteiger partial charge in [0.2, 0.25) is 10.0 Å². The fraction of sp³-hybridized carbons (Fsp3) is 0.500. The molecule has 0 amide bonds. The summed E-state index contributed by atoms with van der Waals surface area (Å²) in [5, 5.41) is 8.78. The first-order chi connectivity index (χ1) is 9.96. The van der Waals surface area contributed by atoms with Crippen LogP contribution in [0.3, 0.4) is 0 Å². The lowest BCUT2D eigenvalue weighted by molar-refractivity contribution is 0.305. The molecule has 1 aliphatic heterocycles. The van der Waals surface area contributed by atoms with Crippen LogP contribution in [0, 0.1) is 23.7 Å². The minimum Gasteiger partial charge on any atom is -0.395 e. The SMILES string of the molecule is CC1CN(S(=O)(=O)c2ccccc2C#CCCO)CC1C. The van der Waals surface area contributed by atoms with Gasteiger partial charge in [-0.15, -0.1) is 0 Å². The zero-order valence-corrected chi connectivity index (χ0v) is 13.2. The predicted octanol–water partition coefficient (Wildman–Crippen LogP) is 1.70. The summed E-state index contributed by atoms with van der Waals surface area (Å²) in [6.45, 7) is 5.24. The summed E-state index contributed by atoms with van der Waals surface area (Å²) < 4.78 is 27.1. The van der Waals surface area contributed by atoms with Gasteiger partial charge in [0, 0.05) is 25.1 Å². The van der Waals surface area contributed by atoms with Gasteiger partial charge in [0.25, 0.3) is 0 Å². The third kappa shape index (κ3) is 3.46. The number of hydrogen-bond donors (Lipinski definition) is 1. The van der Waals surface area contributed by atoms with Crippen LogP contribution in [-0.4, -0.2) is 37.5 Å². The minimum atomic E-state index is -3.50. The third-order valence-corrected chi connectivity index (χ3v) is 5.81. The molecule has 1 aromatic rings. The first kappa shape index (κ1) is 16.0. The van der Waals surface area contributed by atoms with E-state index in [2.05, 4.69) is 25.7 Å². The molecule has 1 saturated heterocycles. The molecule has 21 heavy (non-hydrogen) atoms. The average Bonchev–Trinajstić information content (AvgIpc) is 2.80. The largest absolute Gasteiger partial charge is 0.395 e. The van der Waals surface area contributed by atoms with Gasteiger partial charge in [0.05, 0.1) is 11.5 Å². The van der Waals surface area contributed by atoms with E-state index in [0.717, 1.165) is 0 Å². The minimum absolute atomic E-state index is 0.0247. The molecule has 1 aliphatic rings.